The SMILES string of the molecule is N#CC1(NC(=O)C(CCC2CCCCC2)N=Cc2ccccc2)CC1. The molecular formula is C21H27N3O. The number of rotatable bonds is 7. The summed E-state index contributed by atoms with van der Waals surface area (Å²) >= 11 is 0. The van der Waals surface area contributed by atoms with Crippen LogP contribution in [0.25, 0.3) is 0 Å². The lowest BCUT2D eigenvalue weighted by Gasteiger charge is -2.23. The average molecular weight is 337 g/mol. The number of carbonyl (C=O) groups excluding carboxylic acids is 1. The molecule has 0 aromatic heterocycles. The Bertz CT molecular complexity index is 637. The number of benzene rings is 1. The molecule has 1 atom stereocenters. The molecule has 4 heteroatoms. The van der Waals surface area contributed by atoms with Gasteiger partial charge in [0.2, 0.25) is 5.91 Å². The first kappa shape index (κ1) is 17.7. The van der Waals surface area contributed by atoms with Crippen molar-refractivity contribution in [1.29, 1.82) is 5.26 Å². The van der Waals surface area contributed by atoms with E-state index in [4.69, 9.17) is 0 Å². The van der Waals surface area contributed by atoms with Crippen LogP contribution >= 0.6 is 0 Å². The number of carbonyl (C=O) groups is 1. The molecule has 2 fully saturated rings. The van der Waals surface area contributed by atoms with Crippen molar-refractivity contribution in [3.05, 3.63) is 35.9 Å². The smallest absolute Gasteiger partial charge is 0.246 e. The van der Waals surface area contributed by atoms with Crippen molar-refractivity contribution in [2.45, 2.75) is 69.4 Å². The van der Waals surface area contributed by atoms with Gasteiger partial charge in [0.1, 0.15) is 11.6 Å². The highest BCUT2D eigenvalue weighted by Gasteiger charge is 2.45. The molecular weight excluding hydrogens is 310 g/mol. The lowest BCUT2D eigenvalue weighted by atomic mass is 9.85. The molecule has 2 aliphatic rings. The monoisotopic (exact) mass is 337 g/mol. The fourth-order valence-electron chi connectivity index (χ4n) is 3.57. The van der Waals surface area contributed by atoms with Gasteiger partial charge in [-0.3, -0.25) is 9.79 Å². The Morgan fingerprint density at radius 3 is 2.64 bits per heavy atom. The van der Waals surface area contributed by atoms with Crippen molar-refractivity contribution < 1.29 is 4.79 Å². The predicted octanol–water partition coefficient (Wildman–Crippen LogP) is 4.01. The number of hydrogen-bond donors (Lipinski definition) is 1. The molecule has 4 nitrogen and oxygen atoms in total. The van der Waals surface area contributed by atoms with E-state index < -0.39 is 11.6 Å². The molecule has 2 aliphatic carbocycles. The van der Waals surface area contributed by atoms with Gasteiger partial charge >= 0.3 is 0 Å². The second kappa shape index (κ2) is 8.29. The number of nitrogens with zero attached hydrogens (tertiary/aromatic N) is 2. The predicted molar refractivity (Wildman–Crippen MR) is 99.4 cm³/mol. The maximum absolute atomic E-state index is 12.7. The zero-order valence-corrected chi connectivity index (χ0v) is 14.8. The molecule has 1 unspecified atom stereocenters. The van der Waals surface area contributed by atoms with Gasteiger partial charge in [-0.25, -0.2) is 0 Å². The average Bonchev–Trinajstić information content (AvgIpc) is 3.43. The van der Waals surface area contributed by atoms with Crippen molar-refractivity contribution >= 4 is 12.1 Å². The maximum Gasteiger partial charge on any atom is 0.246 e. The Hall–Kier alpha value is -2.15. The summed E-state index contributed by atoms with van der Waals surface area (Å²) in [4.78, 5) is 17.3. The molecule has 1 aromatic rings. The van der Waals surface area contributed by atoms with E-state index in [0.29, 0.717) is 0 Å². The number of nitrogens with one attached hydrogen (secondary N) is 1. The van der Waals surface area contributed by atoms with Gasteiger partial charge in [0.15, 0.2) is 0 Å². The lowest BCUT2D eigenvalue weighted by Crippen LogP contribution is -2.41. The Labute approximate surface area is 150 Å². The van der Waals surface area contributed by atoms with E-state index in [1.54, 1.807) is 6.21 Å². The molecule has 0 heterocycles. The van der Waals surface area contributed by atoms with Gasteiger partial charge < -0.3 is 5.32 Å². The topological polar surface area (TPSA) is 65.2 Å². The minimum Gasteiger partial charge on any atom is -0.336 e. The van der Waals surface area contributed by atoms with Crippen LogP contribution in [0.3, 0.4) is 0 Å². The minimum atomic E-state index is -0.623. The van der Waals surface area contributed by atoms with E-state index in [-0.39, 0.29) is 5.91 Å². The first-order chi connectivity index (χ1) is 12.2. The molecule has 0 saturated heterocycles. The molecule has 3 rings (SSSR count). The third-order valence-corrected chi connectivity index (χ3v) is 5.41. The normalized spacial score (nSPS) is 20.8. The summed E-state index contributed by atoms with van der Waals surface area (Å²) in [6.07, 6.45) is 11.6. The molecule has 1 aromatic carbocycles. The number of hydrogen-bond acceptors (Lipinski definition) is 3. The highest BCUT2D eigenvalue weighted by molar-refractivity contribution is 5.87. The van der Waals surface area contributed by atoms with E-state index in [9.17, 15) is 10.1 Å². The second-order valence-corrected chi connectivity index (χ2v) is 7.47. The van der Waals surface area contributed by atoms with Crippen LogP contribution in [-0.4, -0.2) is 23.7 Å². The highest BCUT2D eigenvalue weighted by atomic mass is 16.2. The third-order valence-electron chi connectivity index (χ3n) is 5.41. The molecule has 25 heavy (non-hydrogen) atoms. The first-order valence-corrected chi connectivity index (χ1v) is 9.52. The van der Waals surface area contributed by atoms with Crippen molar-refractivity contribution in [3.8, 4) is 6.07 Å². The van der Waals surface area contributed by atoms with Gasteiger partial charge in [-0.1, -0.05) is 62.4 Å². The summed E-state index contributed by atoms with van der Waals surface area (Å²) in [5.41, 5.74) is 0.377. The van der Waals surface area contributed by atoms with Gasteiger partial charge in [0, 0.05) is 6.21 Å². The third kappa shape index (κ3) is 5.16. The fraction of sp³-hybridized carbons (Fsp3) is 0.571. The van der Waals surface area contributed by atoms with Gasteiger partial charge in [-0.05, 0) is 37.2 Å². The Kier molecular flexibility index (Phi) is 5.86. The zero-order valence-electron chi connectivity index (χ0n) is 14.8. The molecule has 1 amide bonds. The molecule has 1 N–H and O–H groups in total. The first-order valence-electron chi connectivity index (χ1n) is 9.52. The van der Waals surface area contributed by atoms with E-state index in [0.717, 1.165) is 37.2 Å². The molecule has 0 radical (unpaired) electrons. The largest absolute Gasteiger partial charge is 0.336 e. The van der Waals surface area contributed by atoms with Crippen LogP contribution < -0.4 is 5.32 Å². The zero-order chi connectivity index (χ0) is 17.5. The Balaban J connectivity index is 1.63. The molecule has 0 bridgehead atoms. The van der Waals surface area contributed by atoms with Gasteiger partial charge in [-0.15, -0.1) is 0 Å². The van der Waals surface area contributed by atoms with Crippen molar-refractivity contribution in [3.63, 3.8) is 0 Å². The highest BCUT2D eigenvalue weighted by Crippen LogP contribution is 2.35. The number of amides is 1. The van der Waals surface area contributed by atoms with Gasteiger partial charge in [0.05, 0.1) is 6.07 Å². The summed E-state index contributed by atoms with van der Waals surface area (Å²) in [5, 5.41) is 12.2. The Morgan fingerprint density at radius 2 is 2.00 bits per heavy atom. The molecule has 2 saturated carbocycles. The standard InChI is InChI=1S/C21H27N3O/c22-16-21(13-14-21)24-20(25)19(12-11-17-7-3-1-4-8-17)23-15-18-9-5-2-6-10-18/h2,5-6,9-10,15,17,19H,1,3-4,7-8,11-14H2,(H,24,25). The summed E-state index contributed by atoms with van der Waals surface area (Å²) in [6.45, 7) is 0. The fourth-order valence-corrected chi connectivity index (χ4v) is 3.57. The summed E-state index contributed by atoms with van der Waals surface area (Å²) < 4.78 is 0. The van der Waals surface area contributed by atoms with Crippen LogP contribution in [-0.2, 0) is 4.79 Å². The quantitative estimate of drug-likeness (QED) is 0.764. The minimum absolute atomic E-state index is 0.0953. The number of nitriles is 1. The number of aliphatic imine (C=N–C) groups is 1. The van der Waals surface area contributed by atoms with Crippen LogP contribution in [0.4, 0.5) is 0 Å². The van der Waals surface area contributed by atoms with Crippen LogP contribution in [0.1, 0.15) is 63.4 Å². The maximum atomic E-state index is 12.7. The second-order valence-electron chi connectivity index (χ2n) is 7.47. The van der Waals surface area contributed by atoms with Crippen LogP contribution in [0, 0.1) is 17.2 Å². The van der Waals surface area contributed by atoms with Crippen LogP contribution in [0.5, 0.6) is 0 Å². The molecule has 0 spiro atoms. The summed E-state index contributed by atoms with van der Waals surface area (Å²) in [6, 6.07) is 11.7. The van der Waals surface area contributed by atoms with E-state index >= 15 is 0 Å². The van der Waals surface area contributed by atoms with E-state index in [1.165, 1.54) is 32.1 Å². The van der Waals surface area contributed by atoms with Crippen LogP contribution in [0.2, 0.25) is 0 Å². The summed E-state index contributed by atoms with van der Waals surface area (Å²) in [5.74, 6) is 0.629. The van der Waals surface area contributed by atoms with Crippen molar-refractivity contribution in [2.75, 3.05) is 0 Å². The molecule has 132 valence electrons. The Morgan fingerprint density at radius 1 is 1.28 bits per heavy atom. The van der Waals surface area contributed by atoms with E-state index in [2.05, 4.69) is 16.4 Å². The van der Waals surface area contributed by atoms with Crippen molar-refractivity contribution in [2.24, 2.45) is 10.9 Å². The van der Waals surface area contributed by atoms with Crippen LogP contribution in [0.15, 0.2) is 35.3 Å². The van der Waals surface area contributed by atoms with E-state index in [1.807, 2.05) is 30.3 Å². The lowest BCUT2D eigenvalue weighted by molar-refractivity contribution is -0.123. The van der Waals surface area contributed by atoms with Gasteiger partial charge in [-0.2, -0.15) is 5.26 Å². The summed E-state index contributed by atoms with van der Waals surface area (Å²) in [7, 11) is 0. The molecule has 0 aliphatic heterocycles. The van der Waals surface area contributed by atoms with Gasteiger partial charge in [0.25, 0.3) is 0 Å². The van der Waals surface area contributed by atoms with Crippen molar-refractivity contribution in [1.82, 2.24) is 5.32 Å².